The zero-order chi connectivity index (χ0) is 13.1. The van der Waals surface area contributed by atoms with Crippen LogP contribution in [0.5, 0.6) is 5.75 Å². The smallest absolute Gasteiger partial charge is 0.119 e. The summed E-state index contributed by atoms with van der Waals surface area (Å²) >= 11 is 3.42. The van der Waals surface area contributed by atoms with Gasteiger partial charge < -0.3 is 9.84 Å². The summed E-state index contributed by atoms with van der Waals surface area (Å²) in [5, 5.41) is 10.4. The fraction of sp³-hybridized carbons (Fsp3) is 0.200. The third kappa shape index (κ3) is 2.74. The second-order valence-corrected chi connectivity index (χ2v) is 5.10. The van der Waals surface area contributed by atoms with Crippen LogP contribution in [0.3, 0.4) is 0 Å². The minimum atomic E-state index is -0.631. The van der Waals surface area contributed by atoms with E-state index in [9.17, 15) is 5.11 Å². The highest BCUT2D eigenvalue weighted by atomic mass is 79.9. The first-order valence-electron chi connectivity index (χ1n) is 5.70. The number of ether oxygens (including phenoxy) is 1. The Balaban J connectivity index is 2.37. The molecule has 0 saturated heterocycles. The van der Waals surface area contributed by atoms with Gasteiger partial charge in [0.1, 0.15) is 11.9 Å². The largest absolute Gasteiger partial charge is 0.497 e. The average Bonchev–Trinajstić information content (AvgIpc) is 2.38. The van der Waals surface area contributed by atoms with Crippen LogP contribution in [0.15, 0.2) is 46.9 Å². The van der Waals surface area contributed by atoms with Crippen molar-refractivity contribution in [2.45, 2.75) is 13.0 Å². The Morgan fingerprint density at radius 1 is 1.17 bits per heavy atom. The van der Waals surface area contributed by atoms with Gasteiger partial charge in [0.25, 0.3) is 0 Å². The molecular formula is C15H15BrO2. The predicted octanol–water partition coefficient (Wildman–Crippen LogP) is 3.85. The number of hydrogen-bond acceptors (Lipinski definition) is 2. The maximum Gasteiger partial charge on any atom is 0.119 e. The molecule has 0 fully saturated rings. The van der Waals surface area contributed by atoms with Gasteiger partial charge in [0.05, 0.1) is 7.11 Å². The Hall–Kier alpha value is -1.32. The van der Waals surface area contributed by atoms with E-state index in [1.807, 2.05) is 49.4 Å². The highest BCUT2D eigenvalue weighted by Crippen LogP contribution is 2.28. The first-order valence-corrected chi connectivity index (χ1v) is 6.49. The highest BCUT2D eigenvalue weighted by molar-refractivity contribution is 9.10. The molecule has 18 heavy (non-hydrogen) atoms. The summed E-state index contributed by atoms with van der Waals surface area (Å²) in [4.78, 5) is 0. The predicted molar refractivity (Wildman–Crippen MR) is 75.9 cm³/mol. The molecule has 0 aliphatic carbocycles. The normalized spacial score (nSPS) is 12.2. The van der Waals surface area contributed by atoms with Crippen molar-refractivity contribution in [1.29, 1.82) is 0 Å². The van der Waals surface area contributed by atoms with Crippen molar-refractivity contribution in [3.8, 4) is 5.75 Å². The first kappa shape index (κ1) is 13.1. The summed E-state index contributed by atoms with van der Waals surface area (Å²) in [7, 11) is 1.62. The summed E-state index contributed by atoms with van der Waals surface area (Å²) in [6, 6.07) is 13.4. The quantitative estimate of drug-likeness (QED) is 0.933. The van der Waals surface area contributed by atoms with E-state index in [1.54, 1.807) is 7.11 Å². The molecule has 1 atom stereocenters. The standard InChI is InChI=1S/C15H15BrO2/c1-10-8-12(16)6-7-14(10)15(17)11-4-3-5-13(9-11)18-2/h3-9,15,17H,1-2H3. The van der Waals surface area contributed by atoms with E-state index in [2.05, 4.69) is 15.9 Å². The van der Waals surface area contributed by atoms with E-state index in [-0.39, 0.29) is 0 Å². The van der Waals surface area contributed by atoms with E-state index in [0.717, 1.165) is 26.9 Å². The number of aryl methyl sites for hydroxylation is 1. The van der Waals surface area contributed by atoms with E-state index in [1.165, 1.54) is 0 Å². The van der Waals surface area contributed by atoms with Gasteiger partial charge in [0.15, 0.2) is 0 Å². The molecule has 3 heteroatoms. The lowest BCUT2D eigenvalue weighted by Crippen LogP contribution is -2.02. The number of aliphatic hydroxyl groups excluding tert-OH is 1. The molecule has 0 aliphatic heterocycles. The molecule has 0 aliphatic rings. The van der Waals surface area contributed by atoms with E-state index in [4.69, 9.17) is 4.74 Å². The summed E-state index contributed by atoms with van der Waals surface area (Å²) in [5.41, 5.74) is 2.80. The SMILES string of the molecule is COc1cccc(C(O)c2ccc(Br)cc2C)c1. The highest BCUT2D eigenvalue weighted by Gasteiger charge is 2.13. The zero-order valence-electron chi connectivity index (χ0n) is 10.4. The van der Waals surface area contributed by atoms with Crippen LogP contribution in [0, 0.1) is 6.92 Å². The molecule has 0 saturated carbocycles. The molecular weight excluding hydrogens is 292 g/mol. The van der Waals surface area contributed by atoms with Crippen molar-refractivity contribution in [3.05, 3.63) is 63.6 Å². The van der Waals surface area contributed by atoms with Crippen molar-refractivity contribution in [2.75, 3.05) is 7.11 Å². The minimum absolute atomic E-state index is 0.631. The van der Waals surface area contributed by atoms with Gasteiger partial charge in [-0.25, -0.2) is 0 Å². The molecule has 0 spiro atoms. The summed E-state index contributed by atoms with van der Waals surface area (Å²) in [5.74, 6) is 0.751. The van der Waals surface area contributed by atoms with Gasteiger partial charge >= 0.3 is 0 Å². The second-order valence-electron chi connectivity index (χ2n) is 4.18. The molecule has 1 unspecified atom stereocenters. The Morgan fingerprint density at radius 2 is 1.94 bits per heavy atom. The molecule has 94 valence electrons. The molecule has 0 aromatic heterocycles. The molecule has 0 heterocycles. The van der Waals surface area contributed by atoms with Crippen molar-refractivity contribution < 1.29 is 9.84 Å². The van der Waals surface area contributed by atoms with Gasteiger partial charge in [-0.1, -0.05) is 34.1 Å². The van der Waals surface area contributed by atoms with E-state index in [0.29, 0.717) is 0 Å². The number of halogens is 1. The van der Waals surface area contributed by atoms with Crippen LogP contribution in [0.25, 0.3) is 0 Å². The molecule has 0 bridgehead atoms. The fourth-order valence-electron chi connectivity index (χ4n) is 1.94. The molecule has 2 rings (SSSR count). The Bertz CT molecular complexity index is 552. The summed E-state index contributed by atoms with van der Waals surface area (Å²) in [6.45, 7) is 1.99. The third-order valence-electron chi connectivity index (χ3n) is 2.94. The molecule has 2 aromatic rings. The lowest BCUT2D eigenvalue weighted by atomic mass is 9.97. The van der Waals surface area contributed by atoms with E-state index >= 15 is 0 Å². The Kier molecular flexibility index (Phi) is 4.04. The van der Waals surface area contributed by atoms with Gasteiger partial charge in [0, 0.05) is 4.47 Å². The van der Waals surface area contributed by atoms with Gasteiger partial charge in [0.2, 0.25) is 0 Å². The number of hydrogen-bond donors (Lipinski definition) is 1. The van der Waals surface area contributed by atoms with Crippen LogP contribution in [-0.4, -0.2) is 12.2 Å². The van der Waals surface area contributed by atoms with Crippen LogP contribution in [-0.2, 0) is 0 Å². The number of rotatable bonds is 3. The van der Waals surface area contributed by atoms with Crippen molar-refractivity contribution >= 4 is 15.9 Å². The molecule has 2 aromatic carbocycles. The molecule has 1 N–H and O–H groups in total. The maximum atomic E-state index is 10.4. The maximum absolute atomic E-state index is 10.4. The monoisotopic (exact) mass is 306 g/mol. The van der Waals surface area contributed by atoms with Gasteiger partial charge in [-0.15, -0.1) is 0 Å². The minimum Gasteiger partial charge on any atom is -0.497 e. The molecule has 0 amide bonds. The summed E-state index contributed by atoms with van der Waals surface area (Å²) in [6.07, 6.45) is -0.631. The van der Waals surface area contributed by atoms with E-state index < -0.39 is 6.10 Å². The number of aliphatic hydroxyl groups is 1. The number of methoxy groups -OCH3 is 1. The average molecular weight is 307 g/mol. The Morgan fingerprint density at radius 3 is 2.61 bits per heavy atom. The van der Waals surface area contributed by atoms with Crippen LogP contribution >= 0.6 is 15.9 Å². The second kappa shape index (κ2) is 5.55. The lowest BCUT2D eigenvalue weighted by molar-refractivity contribution is 0.219. The fourth-order valence-corrected chi connectivity index (χ4v) is 2.41. The van der Waals surface area contributed by atoms with Crippen LogP contribution in [0.2, 0.25) is 0 Å². The number of benzene rings is 2. The van der Waals surface area contributed by atoms with Crippen LogP contribution in [0.4, 0.5) is 0 Å². The van der Waals surface area contributed by atoms with Gasteiger partial charge in [-0.3, -0.25) is 0 Å². The van der Waals surface area contributed by atoms with Crippen molar-refractivity contribution in [1.82, 2.24) is 0 Å². The lowest BCUT2D eigenvalue weighted by Gasteiger charge is -2.15. The van der Waals surface area contributed by atoms with Crippen molar-refractivity contribution in [3.63, 3.8) is 0 Å². The van der Waals surface area contributed by atoms with Crippen molar-refractivity contribution in [2.24, 2.45) is 0 Å². The topological polar surface area (TPSA) is 29.5 Å². The summed E-state index contributed by atoms with van der Waals surface area (Å²) < 4.78 is 6.19. The molecule has 2 nitrogen and oxygen atoms in total. The van der Waals surface area contributed by atoms with Gasteiger partial charge in [-0.05, 0) is 47.9 Å². The van der Waals surface area contributed by atoms with Gasteiger partial charge in [-0.2, -0.15) is 0 Å². The molecule has 0 radical (unpaired) electrons. The Labute approximate surface area is 115 Å². The first-order chi connectivity index (χ1) is 8.61. The van der Waals surface area contributed by atoms with Crippen LogP contribution in [0.1, 0.15) is 22.8 Å². The van der Waals surface area contributed by atoms with Crippen LogP contribution < -0.4 is 4.74 Å². The zero-order valence-corrected chi connectivity index (χ0v) is 11.9. The third-order valence-corrected chi connectivity index (χ3v) is 3.43.